The summed E-state index contributed by atoms with van der Waals surface area (Å²) < 4.78 is 0. The number of rotatable bonds is 5. The van der Waals surface area contributed by atoms with Crippen molar-refractivity contribution >= 4 is 23.4 Å². The average Bonchev–Trinajstić information content (AvgIpc) is 3.05. The zero-order valence-corrected chi connectivity index (χ0v) is 17.7. The van der Waals surface area contributed by atoms with Crippen LogP contribution in [0.15, 0.2) is 42.5 Å². The van der Waals surface area contributed by atoms with Gasteiger partial charge < -0.3 is 10.0 Å². The Morgan fingerprint density at radius 2 is 1.67 bits per heavy atom. The second-order valence-corrected chi connectivity index (χ2v) is 8.38. The lowest BCUT2D eigenvalue weighted by Crippen LogP contribution is -2.32. The first-order valence-electron chi connectivity index (χ1n) is 10.6. The number of anilines is 2. The van der Waals surface area contributed by atoms with Gasteiger partial charge in [0.1, 0.15) is 0 Å². The summed E-state index contributed by atoms with van der Waals surface area (Å²) in [6.45, 7) is 4.62. The number of urea groups is 1. The molecule has 158 valence electrons. The summed E-state index contributed by atoms with van der Waals surface area (Å²) in [4.78, 5) is 29.9. The van der Waals surface area contributed by atoms with Crippen LogP contribution in [0.25, 0.3) is 0 Å². The van der Waals surface area contributed by atoms with Crippen molar-refractivity contribution < 1.29 is 14.7 Å². The van der Waals surface area contributed by atoms with Gasteiger partial charge in [-0.05, 0) is 74.2 Å². The first kappa shape index (κ1) is 20.4. The number of hydrogen-bond acceptors (Lipinski definition) is 3. The van der Waals surface area contributed by atoms with E-state index in [9.17, 15) is 9.59 Å². The van der Waals surface area contributed by atoms with Gasteiger partial charge in [0, 0.05) is 43.5 Å². The van der Waals surface area contributed by atoms with Crippen LogP contribution in [0.3, 0.4) is 0 Å². The van der Waals surface area contributed by atoms with E-state index in [2.05, 4.69) is 37.1 Å². The minimum atomic E-state index is -0.800. The highest BCUT2D eigenvalue weighted by Crippen LogP contribution is 2.29. The van der Waals surface area contributed by atoms with Crippen molar-refractivity contribution in [2.75, 3.05) is 36.5 Å². The van der Waals surface area contributed by atoms with Gasteiger partial charge in [-0.25, -0.2) is 4.79 Å². The van der Waals surface area contributed by atoms with E-state index in [1.807, 2.05) is 29.2 Å². The van der Waals surface area contributed by atoms with Crippen molar-refractivity contribution in [2.24, 2.45) is 0 Å². The molecule has 0 aromatic heterocycles. The van der Waals surface area contributed by atoms with E-state index in [0.29, 0.717) is 25.6 Å². The Morgan fingerprint density at radius 1 is 1.00 bits per heavy atom. The van der Waals surface area contributed by atoms with Gasteiger partial charge in [-0.3, -0.25) is 14.6 Å². The molecule has 0 saturated carbocycles. The second kappa shape index (κ2) is 8.48. The monoisotopic (exact) mass is 407 g/mol. The van der Waals surface area contributed by atoms with Gasteiger partial charge in [-0.2, -0.15) is 0 Å². The van der Waals surface area contributed by atoms with E-state index in [-0.39, 0.29) is 12.5 Å². The number of amides is 2. The number of carbonyl (C=O) groups excluding carboxylic acids is 1. The van der Waals surface area contributed by atoms with Gasteiger partial charge >= 0.3 is 12.0 Å². The van der Waals surface area contributed by atoms with Crippen molar-refractivity contribution in [2.45, 2.75) is 38.6 Å². The Kier molecular flexibility index (Phi) is 5.77. The number of nitrogens with zero attached hydrogens (tertiary/aromatic N) is 3. The summed E-state index contributed by atoms with van der Waals surface area (Å²) in [6.07, 6.45) is 2.66. The third kappa shape index (κ3) is 4.19. The lowest BCUT2D eigenvalue weighted by atomic mass is 10.00. The maximum absolute atomic E-state index is 13.1. The molecule has 6 heteroatoms. The molecule has 0 spiro atoms. The molecule has 4 rings (SSSR count). The number of carboxylic acid groups (broad SMARTS) is 1. The minimum absolute atomic E-state index is 0.00738. The minimum Gasteiger partial charge on any atom is -0.481 e. The van der Waals surface area contributed by atoms with Crippen LogP contribution in [-0.4, -0.2) is 54.7 Å². The number of carbonyl (C=O) groups is 2. The van der Waals surface area contributed by atoms with Gasteiger partial charge in [-0.15, -0.1) is 0 Å². The van der Waals surface area contributed by atoms with Crippen LogP contribution < -0.4 is 9.80 Å². The quantitative estimate of drug-likeness (QED) is 0.823. The number of fused-ring (bicyclic) bond motifs is 1. The number of carboxylic acids is 1. The standard InChI is InChI=1S/C24H29N3O3/c1-17-15-20-16-22(9-6-19(20)11-12-25(17)2)27-14-13-26(24(27)30)21-7-3-18(4-8-21)5-10-23(28)29/h3-4,6-9,16-17H,5,10-15H2,1-2H3,(H,28,29). The predicted molar refractivity (Wildman–Crippen MR) is 118 cm³/mol. The largest absolute Gasteiger partial charge is 0.481 e. The molecule has 30 heavy (non-hydrogen) atoms. The summed E-state index contributed by atoms with van der Waals surface area (Å²) in [5, 5.41) is 8.83. The third-order valence-corrected chi connectivity index (χ3v) is 6.39. The van der Waals surface area contributed by atoms with Crippen LogP contribution in [0.4, 0.5) is 16.2 Å². The Balaban J connectivity index is 1.48. The Hall–Kier alpha value is -2.86. The fraction of sp³-hybridized carbons (Fsp3) is 0.417. The number of benzene rings is 2. The molecule has 2 amide bonds. The fourth-order valence-electron chi connectivity index (χ4n) is 4.32. The molecule has 2 aliphatic heterocycles. The highest BCUT2D eigenvalue weighted by Gasteiger charge is 2.31. The van der Waals surface area contributed by atoms with Crippen molar-refractivity contribution in [3.63, 3.8) is 0 Å². The van der Waals surface area contributed by atoms with Crippen LogP contribution >= 0.6 is 0 Å². The molecule has 1 unspecified atom stereocenters. The molecule has 2 heterocycles. The van der Waals surface area contributed by atoms with Crippen molar-refractivity contribution in [1.82, 2.24) is 4.90 Å². The Bertz CT molecular complexity index is 941. The lowest BCUT2D eigenvalue weighted by molar-refractivity contribution is -0.136. The molecule has 1 atom stereocenters. The molecule has 0 radical (unpaired) electrons. The van der Waals surface area contributed by atoms with Crippen LogP contribution in [0.2, 0.25) is 0 Å². The number of aliphatic carboxylic acids is 1. The fourth-order valence-corrected chi connectivity index (χ4v) is 4.32. The van der Waals surface area contributed by atoms with Crippen LogP contribution in [0, 0.1) is 0 Å². The summed E-state index contributed by atoms with van der Waals surface area (Å²) in [7, 11) is 2.17. The molecule has 1 fully saturated rings. The summed E-state index contributed by atoms with van der Waals surface area (Å²) in [5.41, 5.74) is 5.52. The van der Waals surface area contributed by atoms with E-state index in [0.717, 1.165) is 36.3 Å². The lowest BCUT2D eigenvalue weighted by Gasteiger charge is -2.22. The van der Waals surface area contributed by atoms with E-state index >= 15 is 0 Å². The molecule has 0 aliphatic carbocycles. The molecule has 1 saturated heterocycles. The molecule has 0 bridgehead atoms. The first-order chi connectivity index (χ1) is 14.4. The van der Waals surface area contributed by atoms with Gasteiger partial charge in [0.15, 0.2) is 0 Å². The van der Waals surface area contributed by atoms with Gasteiger partial charge in [-0.1, -0.05) is 18.2 Å². The topological polar surface area (TPSA) is 64.1 Å². The highest BCUT2D eigenvalue weighted by molar-refractivity contribution is 6.06. The van der Waals surface area contributed by atoms with E-state index in [1.165, 1.54) is 11.1 Å². The number of likely N-dealkylation sites (N-methyl/N-ethyl adjacent to an activating group) is 1. The second-order valence-electron chi connectivity index (χ2n) is 8.38. The molecule has 2 aromatic rings. The van der Waals surface area contributed by atoms with Crippen molar-refractivity contribution in [3.8, 4) is 0 Å². The molecule has 2 aromatic carbocycles. The average molecular weight is 408 g/mol. The van der Waals surface area contributed by atoms with E-state index in [4.69, 9.17) is 5.11 Å². The van der Waals surface area contributed by atoms with E-state index < -0.39 is 5.97 Å². The maximum atomic E-state index is 13.1. The SMILES string of the molecule is CC1Cc2cc(N3CCN(c4ccc(CCC(=O)O)cc4)C3=O)ccc2CCN1C. The van der Waals surface area contributed by atoms with Crippen LogP contribution in [-0.2, 0) is 24.1 Å². The zero-order chi connectivity index (χ0) is 21.3. The van der Waals surface area contributed by atoms with Gasteiger partial charge in [0.25, 0.3) is 0 Å². The molecular formula is C24H29N3O3. The molecule has 2 aliphatic rings. The number of hydrogen-bond donors (Lipinski definition) is 1. The zero-order valence-electron chi connectivity index (χ0n) is 17.7. The first-order valence-corrected chi connectivity index (χ1v) is 10.6. The summed E-state index contributed by atoms with van der Waals surface area (Å²) in [6, 6.07) is 14.6. The normalized spacial score (nSPS) is 19.7. The Morgan fingerprint density at radius 3 is 2.37 bits per heavy atom. The van der Waals surface area contributed by atoms with Crippen LogP contribution in [0.1, 0.15) is 30.0 Å². The predicted octanol–water partition coefficient (Wildman–Crippen LogP) is 3.57. The van der Waals surface area contributed by atoms with Crippen molar-refractivity contribution in [3.05, 3.63) is 59.2 Å². The van der Waals surface area contributed by atoms with Crippen molar-refractivity contribution in [1.29, 1.82) is 0 Å². The van der Waals surface area contributed by atoms with Gasteiger partial charge in [0.2, 0.25) is 0 Å². The maximum Gasteiger partial charge on any atom is 0.329 e. The molecule has 1 N–H and O–H groups in total. The highest BCUT2D eigenvalue weighted by atomic mass is 16.4. The summed E-state index contributed by atoms with van der Waals surface area (Å²) in [5.74, 6) is -0.800. The molecule has 6 nitrogen and oxygen atoms in total. The van der Waals surface area contributed by atoms with Crippen LogP contribution in [0.5, 0.6) is 0 Å². The van der Waals surface area contributed by atoms with Gasteiger partial charge in [0.05, 0.1) is 0 Å². The van der Waals surface area contributed by atoms with E-state index in [1.54, 1.807) is 4.90 Å². The summed E-state index contributed by atoms with van der Waals surface area (Å²) >= 11 is 0. The smallest absolute Gasteiger partial charge is 0.329 e. The Labute approximate surface area is 177 Å². The molecular weight excluding hydrogens is 378 g/mol. The third-order valence-electron chi connectivity index (χ3n) is 6.39. The number of aryl methyl sites for hydroxylation is 1.